The summed E-state index contributed by atoms with van der Waals surface area (Å²) in [4.78, 5) is 22.2. The van der Waals surface area contributed by atoms with E-state index in [0.29, 0.717) is 11.3 Å². The zero-order valence-corrected chi connectivity index (χ0v) is 12.9. The maximum Gasteiger partial charge on any atom is 0.345 e. The van der Waals surface area contributed by atoms with E-state index in [1.54, 1.807) is 13.8 Å². The fraction of sp³-hybridized carbons (Fsp3) is 0.455. The molecular formula is C11H16N2O5S2. The van der Waals surface area contributed by atoms with Crippen molar-refractivity contribution in [1.29, 1.82) is 0 Å². The third-order valence-corrected chi connectivity index (χ3v) is 5.62. The SMILES string of the molecule is CC(C)NC(=O)CN(C)S(=O)(=O)c1ccc(C(=O)O)s1. The third-order valence-electron chi connectivity index (χ3n) is 2.27. The molecule has 0 aliphatic carbocycles. The topological polar surface area (TPSA) is 104 Å². The number of sulfonamides is 1. The molecule has 1 aromatic heterocycles. The Morgan fingerprint density at radius 3 is 2.45 bits per heavy atom. The van der Waals surface area contributed by atoms with Crippen LogP contribution in [0.2, 0.25) is 0 Å². The number of nitrogens with one attached hydrogen (secondary N) is 1. The second-order valence-corrected chi connectivity index (χ2v) is 7.76. The van der Waals surface area contributed by atoms with Gasteiger partial charge in [0.15, 0.2) is 0 Å². The molecular weight excluding hydrogens is 304 g/mol. The van der Waals surface area contributed by atoms with E-state index in [0.717, 1.165) is 4.31 Å². The first-order chi connectivity index (χ1) is 9.14. The van der Waals surface area contributed by atoms with E-state index in [1.807, 2.05) is 0 Å². The number of likely N-dealkylation sites (N-methyl/N-ethyl adjacent to an activating group) is 1. The maximum absolute atomic E-state index is 12.2. The Labute approximate surface area is 121 Å². The molecule has 0 fully saturated rings. The fourth-order valence-corrected chi connectivity index (χ4v) is 3.87. The number of carboxylic acid groups (broad SMARTS) is 1. The molecule has 0 unspecified atom stereocenters. The Hall–Kier alpha value is -1.45. The summed E-state index contributed by atoms with van der Waals surface area (Å²) in [6, 6.07) is 2.36. The van der Waals surface area contributed by atoms with Gasteiger partial charge in [-0.1, -0.05) is 0 Å². The van der Waals surface area contributed by atoms with Gasteiger partial charge in [-0.15, -0.1) is 11.3 Å². The van der Waals surface area contributed by atoms with E-state index >= 15 is 0 Å². The van der Waals surface area contributed by atoms with Crippen molar-refractivity contribution >= 4 is 33.2 Å². The lowest BCUT2D eigenvalue weighted by Gasteiger charge is -2.16. The maximum atomic E-state index is 12.2. The molecule has 1 aromatic rings. The molecule has 9 heteroatoms. The largest absolute Gasteiger partial charge is 0.477 e. The lowest BCUT2D eigenvalue weighted by atomic mass is 10.4. The summed E-state index contributed by atoms with van der Waals surface area (Å²) in [5.41, 5.74) is 0. The summed E-state index contributed by atoms with van der Waals surface area (Å²) < 4.78 is 25.1. The number of nitrogens with zero attached hydrogens (tertiary/aromatic N) is 1. The van der Waals surface area contributed by atoms with Gasteiger partial charge in [-0.05, 0) is 26.0 Å². The predicted molar refractivity (Wildman–Crippen MR) is 74.4 cm³/mol. The van der Waals surface area contributed by atoms with E-state index in [9.17, 15) is 18.0 Å². The molecule has 1 amide bonds. The number of amides is 1. The van der Waals surface area contributed by atoms with Gasteiger partial charge in [-0.2, -0.15) is 4.31 Å². The van der Waals surface area contributed by atoms with Gasteiger partial charge in [0.1, 0.15) is 9.09 Å². The highest BCUT2D eigenvalue weighted by molar-refractivity contribution is 7.91. The summed E-state index contributed by atoms with van der Waals surface area (Å²) in [5, 5.41) is 11.4. The number of hydrogen-bond acceptors (Lipinski definition) is 5. The Morgan fingerprint density at radius 1 is 1.40 bits per heavy atom. The van der Waals surface area contributed by atoms with Gasteiger partial charge < -0.3 is 10.4 Å². The molecule has 0 spiro atoms. The first-order valence-electron chi connectivity index (χ1n) is 5.73. The van der Waals surface area contributed by atoms with Crippen LogP contribution in [0.1, 0.15) is 23.5 Å². The highest BCUT2D eigenvalue weighted by Crippen LogP contribution is 2.24. The number of carbonyl (C=O) groups is 2. The second kappa shape index (κ2) is 6.33. The Kier molecular flexibility index (Phi) is 5.26. The minimum absolute atomic E-state index is 0.0661. The van der Waals surface area contributed by atoms with E-state index in [4.69, 9.17) is 5.11 Å². The van der Waals surface area contributed by atoms with E-state index in [-0.39, 0.29) is 21.7 Å². The number of carboxylic acids is 1. The summed E-state index contributed by atoms with van der Waals surface area (Å²) in [6.45, 7) is 3.22. The van der Waals surface area contributed by atoms with Crippen LogP contribution in [0.25, 0.3) is 0 Å². The van der Waals surface area contributed by atoms with Crippen LogP contribution >= 0.6 is 11.3 Å². The molecule has 112 valence electrons. The van der Waals surface area contributed by atoms with Crippen molar-refractivity contribution in [2.45, 2.75) is 24.1 Å². The predicted octanol–water partition coefficient (Wildman–Crippen LogP) is 0.591. The highest BCUT2D eigenvalue weighted by Gasteiger charge is 2.25. The van der Waals surface area contributed by atoms with Gasteiger partial charge in [0.25, 0.3) is 10.0 Å². The molecule has 20 heavy (non-hydrogen) atoms. The summed E-state index contributed by atoms with van der Waals surface area (Å²) in [7, 11) is -2.58. The number of carbonyl (C=O) groups excluding carboxylic acids is 1. The Morgan fingerprint density at radius 2 is 2.00 bits per heavy atom. The first kappa shape index (κ1) is 16.6. The van der Waals surface area contributed by atoms with Crippen molar-refractivity contribution in [3.8, 4) is 0 Å². The van der Waals surface area contributed by atoms with Crippen molar-refractivity contribution < 1.29 is 23.1 Å². The zero-order valence-electron chi connectivity index (χ0n) is 11.3. The molecule has 0 saturated heterocycles. The average molecular weight is 320 g/mol. The minimum Gasteiger partial charge on any atom is -0.477 e. The normalized spacial score (nSPS) is 11.8. The van der Waals surface area contributed by atoms with Gasteiger partial charge in [0.2, 0.25) is 5.91 Å². The Bertz CT molecular complexity index is 606. The molecule has 0 bridgehead atoms. The molecule has 0 atom stereocenters. The van der Waals surface area contributed by atoms with Crippen LogP contribution in [0.4, 0.5) is 0 Å². The monoisotopic (exact) mass is 320 g/mol. The highest BCUT2D eigenvalue weighted by atomic mass is 32.2. The third kappa shape index (κ3) is 4.02. The number of hydrogen-bond donors (Lipinski definition) is 2. The van der Waals surface area contributed by atoms with Crippen LogP contribution in [-0.2, 0) is 14.8 Å². The number of rotatable bonds is 6. The van der Waals surface area contributed by atoms with Gasteiger partial charge in [-0.25, -0.2) is 13.2 Å². The average Bonchev–Trinajstić information content (AvgIpc) is 2.77. The van der Waals surface area contributed by atoms with Crippen LogP contribution in [-0.4, -0.2) is 49.3 Å². The fourth-order valence-electron chi connectivity index (χ4n) is 1.38. The van der Waals surface area contributed by atoms with Crippen molar-refractivity contribution in [3.63, 3.8) is 0 Å². The zero-order chi connectivity index (χ0) is 15.5. The van der Waals surface area contributed by atoms with Crippen molar-refractivity contribution in [2.75, 3.05) is 13.6 Å². The molecule has 0 aliphatic rings. The lowest BCUT2D eigenvalue weighted by Crippen LogP contribution is -2.40. The van der Waals surface area contributed by atoms with E-state index < -0.39 is 21.9 Å². The van der Waals surface area contributed by atoms with Crippen LogP contribution in [0, 0.1) is 0 Å². The Balaban J connectivity index is 2.86. The summed E-state index contributed by atoms with van der Waals surface area (Å²) >= 11 is 0.656. The minimum atomic E-state index is -3.85. The van der Waals surface area contributed by atoms with Crippen molar-refractivity contribution in [1.82, 2.24) is 9.62 Å². The smallest absolute Gasteiger partial charge is 0.345 e. The molecule has 1 rings (SSSR count). The van der Waals surface area contributed by atoms with E-state index in [2.05, 4.69) is 5.32 Å². The van der Waals surface area contributed by atoms with Crippen LogP contribution in [0.5, 0.6) is 0 Å². The lowest BCUT2D eigenvalue weighted by molar-refractivity contribution is -0.121. The molecule has 1 heterocycles. The van der Waals surface area contributed by atoms with E-state index in [1.165, 1.54) is 19.2 Å². The van der Waals surface area contributed by atoms with Crippen molar-refractivity contribution in [2.24, 2.45) is 0 Å². The molecule has 0 aliphatic heterocycles. The number of thiophene rings is 1. The van der Waals surface area contributed by atoms with Crippen LogP contribution < -0.4 is 5.32 Å². The quantitative estimate of drug-likeness (QED) is 0.798. The first-order valence-corrected chi connectivity index (χ1v) is 7.99. The molecule has 0 saturated carbocycles. The van der Waals surface area contributed by atoms with Gasteiger partial charge in [0.05, 0.1) is 6.54 Å². The summed E-state index contributed by atoms with van der Waals surface area (Å²) in [5.74, 6) is -1.60. The summed E-state index contributed by atoms with van der Waals surface area (Å²) in [6.07, 6.45) is 0. The van der Waals surface area contributed by atoms with Gasteiger partial charge >= 0.3 is 5.97 Å². The molecule has 7 nitrogen and oxygen atoms in total. The standard InChI is InChI=1S/C11H16N2O5S2/c1-7(2)12-9(14)6-13(3)20(17,18)10-5-4-8(19-10)11(15)16/h4-5,7H,6H2,1-3H3,(H,12,14)(H,15,16). The van der Waals surface area contributed by atoms with Crippen LogP contribution in [0.3, 0.4) is 0 Å². The molecule has 0 aromatic carbocycles. The molecule has 0 radical (unpaired) electrons. The van der Waals surface area contributed by atoms with Gasteiger partial charge in [-0.3, -0.25) is 4.79 Å². The van der Waals surface area contributed by atoms with Crippen LogP contribution in [0.15, 0.2) is 16.3 Å². The second-order valence-electron chi connectivity index (χ2n) is 4.41. The van der Waals surface area contributed by atoms with Gasteiger partial charge in [0, 0.05) is 13.1 Å². The number of aromatic carboxylic acids is 1. The van der Waals surface area contributed by atoms with Crippen molar-refractivity contribution in [3.05, 3.63) is 17.0 Å². The molecule has 2 N–H and O–H groups in total.